The molecule has 1 unspecified atom stereocenters. The van der Waals surface area contributed by atoms with Gasteiger partial charge in [0.15, 0.2) is 5.84 Å². The van der Waals surface area contributed by atoms with Gasteiger partial charge in [0.05, 0.1) is 0 Å². The fourth-order valence-electron chi connectivity index (χ4n) is 7.14. The molecular formula is C45H29N3OS. The van der Waals surface area contributed by atoms with E-state index in [2.05, 4.69) is 151 Å². The number of hydrogen-bond donors (Lipinski definition) is 1. The summed E-state index contributed by atoms with van der Waals surface area (Å²) in [7, 11) is 0. The van der Waals surface area contributed by atoms with Gasteiger partial charge in [-0.15, -0.1) is 11.3 Å². The van der Waals surface area contributed by atoms with Crippen LogP contribution in [0.3, 0.4) is 0 Å². The van der Waals surface area contributed by atoms with Crippen molar-refractivity contribution in [1.29, 1.82) is 0 Å². The molecule has 1 atom stereocenters. The molecule has 50 heavy (non-hydrogen) atoms. The number of rotatable bonds is 5. The average molecular weight is 660 g/mol. The largest absolute Gasteiger partial charge is 0.456 e. The van der Waals surface area contributed by atoms with Crippen molar-refractivity contribution >= 4 is 65.1 Å². The highest BCUT2D eigenvalue weighted by atomic mass is 32.1. The molecule has 5 heteroatoms. The van der Waals surface area contributed by atoms with Gasteiger partial charge in [0.2, 0.25) is 0 Å². The van der Waals surface area contributed by atoms with Gasteiger partial charge >= 0.3 is 0 Å². The van der Waals surface area contributed by atoms with Crippen molar-refractivity contribution < 1.29 is 4.42 Å². The predicted octanol–water partition coefficient (Wildman–Crippen LogP) is 11.8. The molecule has 0 saturated heterocycles. The zero-order chi connectivity index (χ0) is 33.0. The molecule has 0 aliphatic carbocycles. The molecule has 2 aromatic heterocycles. The van der Waals surface area contributed by atoms with Gasteiger partial charge in [-0.2, -0.15) is 0 Å². The van der Waals surface area contributed by atoms with Crippen LogP contribution in [0.4, 0.5) is 0 Å². The second kappa shape index (κ2) is 11.7. The fraction of sp³-hybridized carbons (Fsp3) is 0.0222. The maximum atomic E-state index is 6.38. The molecule has 0 spiro atoms. The number of fused-ring (bicyclic) bond motifs is 6. The second-order valence-electron chi connectivity index (χ2n) is 12.6. The van der Waals surface area contributed by atoms with Gasteiger partial charge in [0, 0.05) is 47.6 Å². The van der Waals surface area contributed by atoms with Gasteiger partial charge in [-0.3, -0.25) is 0 Å². The van der Waals surface area contributed by atoms with E-state index in [-0.39, 0.29) is 6.17 Å². The summed E-state index contributed by atoms with van der Waals surface area (Å²) in [6, 6.07) is 57.3. The Morgan fingerprint density at radius 2 is 1.20 bits per heavy atom. The molecule has 7 aromatic carbocycles. The zero-order valence-electron chi connectivity index (χ0n) is 26.9. The van der Waals surface area contributed by atoms with Crippen molar-refractivity contribution in [2.24, 2.45) is 9.98 Å². The van der Waals surface area contributed by atoms with Crippen LogP contribution < -0.4 is 5.32 Å². The minimum Gasteiger partial charge on any atom is -0.456 e. The summed E-state index contributed by atoms with van der Waals surface area (Å²) in [6.45, 7) is 0. The monoisotopic (exact) mass is 659 g/mol. The number of nitrogens with zero attached hydrogens (tertiary/aromatic N) is 2. The zero-order valence-corrected chi connectivity index (χ0v) is 27.7. The third-order valence-electron chi connectivity index (χ3n) is 9.58. The third-order valence-corrected chi connectivity index (χ3v) is 10.8. The van der Waals surface area contributed by atoms with E-state index in [0.29, 0.717) is 5.84 Å². The topological polar surface area (TPSA) is 49.9 Å². The second-order valence-corrected chi connectivity index (χ2v) is 13.6. The Kier molecular flexibility index (Phi) is 6.71. The van der Waals surface area contributed by atoms with E-state index in [4.69, 9.17) is 14.4 Å². The molecule has 0 radical (unpaired) electrons. The number of aliphatic imine (C=N–C) groups is 2. The van der Waals surface area contributed by atoms with Gasteiger partial charge in [-0.05, 0) is 52.6 Å². The minimum atomic E-state index is -0.334. The maximum Gasteiger partial charge on any atom is 0.159 e. The van der Waals surface area contributed by atoms with E-state index >= 15 is 0 Å². The number of thiophene rings is 1. The molecule has 0 saturated carbocycles. The molecule has 9 aromatic rings. The molecule has 0 bridgehead atoms. The predicted molar refractivity (Wildman–Crippen MR) is 209 cm³/mol. The summed E-state index contributed by atoms with van der Waals surface area (Å²) in [5.41, 5.74) is 9.44. The average Bonchev–Trinajstić information content (AvgIpc) is 3.77. The van der Waals surface area contributed by atoms with Gasteiger partial charge in [0.25, 0.3) is 0 Å². The summed E-state index contributed by atoms with van der Waals surface area (Å²) in [5.74, 6) is 1.47. The van der Waals surface area contributed by atoms with Crippen molar-refractivity contribution in [1.82, 2.24) is 5.32 Å². The molecule has 0 amide bonds. The molecule has 1 N–H and O–H groups in total. The molecule has 10 rings (SSSR count). The highest BCUT2D eigenvalue weighted by Crippen LogP contribution is 2.40. The summed E-state index contributed by atoms with van der Waals surface area (Å²) in [4.78, 5) is 10.5. The number of hydrogen-bond acceptors (Lipinski definition) is 5. The van der Waals surface area contributed by atoms with E-state index in [1.165, 1.54) is 25.7 Å². The first-order valence-electron chi connectivity index (χ1n) is 16.8. The van der Waals surface area contributed by atoms with E-state index in [0.717, 1.165) is 61.2 Å². The van der Waals surface area contributed by atoms with Gasteiger partial charge in [-0.1, -0.05) is 133 Å². The van der Waals surface area contributed by atoms with Crippen molar-refractivity contribution in [2.45, 2.75) is 6.17 Å². The van der Waals surface area contributed by atoms with E-state index < -0.39 is 0 Å². The minimum absolute atomic E-state index is 0.334. The van der Waals surface area contributed by atoms with E-state index in [9.17, 15) is 0 Å². The molecular weight excluding hydrogens is 631 g/mol. The Morgan fingerprint density at radius 3 is 2.04 bits per heavy atom. The van der Waals surface area contributed by atoms with Gasteiger partial charge in [0.1, 0.15) is 23.2 Å². The highest BCUT2D eigenvalue weighted by molar-refractivity contribution is 7.26. The van der Waals surface area contributed by atoms with Crippen molar-refractivity contribution in [2.75, 3.05) is 0 Å². The Balaban J connectivity index is 1.13. The normalized spacial score (nSPS) is 14.6. The first-order chi connectivity index (χ1) is 24.8. The van der Waals surface area contributed by atoms with Crippen molar-refractivity contribution in [3.63, 3.8) is 0 Å². The molecule has 3 heterocycles. The van der Waals surface area contributed by atoms with Crippen LogP contribution >= 0.6 is 11.3 Å². The SMILES string of the molecule is c1ccc(-c2ccc(C3=NC(c4cccc5c4sc4ccccc45)NC(c4ccc5oc6cccc(-c7ccccc7)c6c5c4)=N3)cc2)cc1. The first kappa shape index (κ1) is 28.7. The van der Waals surface area contributed by atoms with Crippen LogP contribution in [0, 0.1) is 0 Å². The summed E-state index contributed by atoms with van der Waals surface area (Å²) < 4.78 is 8.89. The van der Waals surface area contributed by atoms with Crippen LogP contribution in [0.2, 0.25) is 0 Å². The number of amidine groups is 2. The molecule has 0 fully saturated rings. The van der Waals surface area contributed by atoms with Crippen LogP contribution in [0.5, 0.6) is 0 Å². The van der Waals surface area contributed by atoms with Crippen LogP contribution in [0.25, 0.3) is 64.4 Å². The van der Waals surface area contributed by atoms with Crippen LogP contribution in [0.15, 0.2) is 178 Å². The van der Waals surface area contributed by atoms with Crippen LogP contribution in [0.1, 0.15) is 22.9 Å². The molecule has 1 aliphatic heterocycles. The van der Waals surface area contributed by atoms with Gasteiger partial charge < -0.3 is 9.73 Å². The Hall–Kier alpha value is -6.30. The number of nitrogens with one attached hydrogen (secondary N) is 1. The third kappa shape index (κ3) is 4.82. The molecule has 1 aliphatic rings. The smallest absolute Gasteiger partial charge is 0.159 e. The Labute approximate surface area is 292 Å². The standard InChI is InChI=1S/C45H29N3OS/c1-3-11-28(12-4-1)29-21-23-31(24-22-29)43-46-44(48-45(47-43)36-18-9-17-35-34-15-7-8-20-40(34)50-42(35)36)32-25-26-38-37(27-32)41-33(16-10-19-39(41)49-38)30-13-5-2-6-14-30/h1-27,45H,(H,46,47,48). The lowest BCUT2D eigenvalue weighted by Crippen LogP contribution is -2.33. The molecule has 4 nitrogen and oxygen atoms in total. The van der Waals surface area contributed by atoms with E-state index in [1.807, 2.05) is 29.5 Å². The summed E-state index contributed by atoms with van der Waals surface area (Å²) >= 11 is 1.82. The summed E-state index contributed by atoms with van der Waals surface area (Å²) in [5, 5.41) is 8.42. The lowest BCUT2D eigenvalue weighted by molar-refractivity contribution is 0.668. The highest BCUT2D eigenvalue weighted by Gasteiger charge is 2.25. The number of furan rings is 1. The lowest BCUT2D eigenvalue weighted by atomic mass is 9.98. The Bertz CT molecular complexity index is 2780. The van der Waals surface area contributed by atoms with Crippen LogP contribution in [-0.2, 0) is 0 Å². The van der Waals surface area contributed by atoms with Crippen molar-refractivity contribution in [3.05, 3.63) is 180 Å². The first-order valence-corrected chi connectivity index (χ1v) is 17.6. The van der Waals surface area contributed by atoms with Crippen molar-refractivity contribution in [3.8, 4) is 22.3 Å². The Morgan fingerprint density at radius 1 is 0.520 bits per heavy atom. The van der Waals surface area contributed by atoms with E-state index in [1.54, 1.807) is 0 Å². The quantitative estimate of drug-likeness (QED) is 0.200. The maximum absolute atomic E-state index is 6.38. The summed E-state index contributed by atoms with van der Waals surface area (Å²) in [6.07, 6.45) is -0.334. The molecule has 236 valence electrons. The van der Waals surface area contributed by atoms with Gasteiger partial charge in [-0.25, -0.2) is 9.98 Å². The van der Waals surface area contributed by atoms with Crippen LogP contribution in [-0.4, -0.2) is 11.7 Å². The number of benzene rings is 7. The lowest BCUT2D eigenvalue weighted by Gasteiger charge is -2.24. The fourth-order valence-corrected chi connectivity index (χ4v) is 8.38.